The quantitative estimate of drug-likeness (QED) is 0.345. The standard InChI is InChI=1S/C14H15N3O3/c1-8-3-4-10(13(15)17-19)6-12(8)16-14(18)11-5-9(2)20-7-11/h3-7,19H,1-2H3,(H2,15,17)(H,16,18). The molecule has 1 heterocycles. The number of carbonyl (C=O) groups excluding carboxylic acids is 1. The van der Waals surface area contributed by atoms with Gasteiger partial charge in [0.25, 0.3) is 5.91 Å². The summed E-state index contributed by atoms with van der Waals surface area (Å²) in [6.07, 6.45) is 1.40. The van der Waals surface area contributed by atoms with E-state index in [0.29, 0.717) is 22.6 Å². The minimum atomic E-state index is -0.276. The van der Waals surface area contributed by atoms with E-state index in [0.717, 1.165) is 5.56 Å². The van der Waals surface area contributed by atoms with Gasteiger partial charge in [0, 0.05) is 11.3 Å². The van der Waals surface area contributed by atoms with E-state index in [1.165, 1.54) is 6.26 Å². The number of carbonyl (C=O) groups is 1. The largest absolute Gasteiger partial charge is 0.469 e. The first-order valence-corrected chi connectivity index (χ1v) is 5.96. The number of nitrogens with zero attached hydrogens (tertiary/aromatic N) is 1. The number of anilines is 1. The van der Waals surface area contributed by atoms with Crippen LogP contribution in [-0.4, -0.2) is 17.0 Å². The smallest absolute Gasteiger partial charge is 0.258 e. The number of rotatable bonds is 3. The molecule has 20 heavy (non-hydrogen) atoms. The molecule has 0 aliphatic carbocycles. The van der Waals surface area contributed by atoms with Gasteiger partial charge in [-0.25, -0.2) is 0 Å². The third-order valence-electron chi connectivity index (χ3n) is 2.88. The van der Waals surface area contributed by atoms with Crippen LogP contribution < -0.4 is 11.1 Å². The molecule has 0 atom stereocenters. The molecular formula is C14H15N3O3. The number of nitrogens with one attached hydrogen (secondary N) is 1. The maximum Gasteiger partial charge on any atom is 0.258 e. The fourth-order valence-corrected chi connectivity index (χ4v) is 1.73. The van der Waals surface area contributed by atoms with Gasteiger partial charge in [0.2, 0.25) is 0 Å². The summed E-state index contributed by atoms with van der Waals surface area (Å²) in [5.74, 6) is 0.374. The number of furan rings is 1. The van der Waals surface area contributed by atoms with Crippen LogP contribution in [0.3, 0.4) is 0 Å². The molecule has 0 radical (unpaired) electrons. The molecular weight excluding hydrogens is 258 g/mol. The molecule has 4 N–H and O–H groups in total. The molecule has 2 rings (SSSR count). The molecule has 0 saturated heterocycles. The summed E-state index contributed by atoms with van der Waals surface area (Å²) < 4.78 is 5.10. The molecule has 0 saturated carbocycles. The summed E-state index contributed by atoms with van der Waals surface area (Å²) in [6, 6.07) is 6.79. The summed E-state index contributed by atoms with van der Waals surface area (Å²) >= 11 is 0. The van der Waals surface area contributed by atoms with E-state index < -0.39 is 0 Å². The zero-order chi connectivity index (χ0) is 14.7. The average molecular weight is 273 g/mol. The van der Waals surface area contributed by atoms with Gasteiger partial charge < -0.3 is 20.7 Å². The molecule has 6 heteroatoms. The maximum atomic E-state index is 12.0. The molecule has 0 spiro atoms. The van der Waals surface area contributed by atoms with Crippen LogP contribution in [-0.2, 0) is 0 Å². The molecule has 0 bridgehead atoms. The minimum absolute atomic E-state index is 0.0142. The van der Waals surface area contributed by atoms with Gasteiger partial charge in [-0.2, -0.15) is 0 Å². The summed E-state index contributed by atoms with van der Waals surface area (Å²) in [4.78, 5) is 12.0. The topological polar surface area (TPSA) is 101 Å². The maximum absolute atomic E-state index is 12.0. The van der Waals surface area contributed by atoms with Crippen LogP contribution in [0.25, 0.3) is 0 Å². The van der Waals surface area contributed by atoms with Gasteiger partial charge in [-0.05, 0) is 31.5 Å². The molecule has 0 unspecified atom stereocenters. The van der Waals surface area contributed by atoms with E-state index in [1.54, 1.807) is 31.2 Å². The summed E-state index contributed by atoms with van der Waals surface area (Å²) in [7, 11) is 0. The van der Waals surface area contributed by atoms with Crippen LogP contribution in [0.1, 0.15) is 27.2 Å². The summed E-state index contributed by atoms with van der Waals surface area (Å²) in [5.41, 5.74) is 7.96. The number of amidine groups is 1. The Morgan fingerprint density at radius 1 is 1.30 bits per heavy atom. The predicted molar refractivity (Wildman–Crippen MR) is 75.1 cm³/mol. The fourth-order valence-electron chi connectivity index (χ4n) is 1.73. The zero-order valence-corrected chi connectivity index (χ0v) is 11.2. The minimum Gasteiger partial charge on any atom is -0.469 e. The van der Waals surface area contributed by atoms with Crippen molar-refractivity contribution in [3.63, 3.8) is 0 Å². The highest BCUT2D eigenvalue weighted by Crippen LogP contribution is 2.18. The molecule has 0 fully saturated rings. The lowest BCUT2D eigenvalue weighted by molar-refractivity contribution is 0.102. The molecule has 1 amide bonds. The van der Waals surface area contributed by atoms with Crippen LogP contribution >= 0.6 is 0 Å². The van der Waals surface area contributed by atoms with Gasteiger partial charge in [0.15, 0.2) is 5.84 Å². The van der Waals surface area contributed by atoms with E-state index >= 15 is 0 Å². The van der Waals surface area contributed by atoms with Crippen molar-refractivity contribution >= 4 is 17.4 Å². The number of benzene rings is 1. The van der Waals surface area contributed by atoms with Crippen LogP contribution in [0, 0.1) is 13.8 Å². The second kappa shape index (κ2) is 5.48. The van der Waals surface area contributed by atoms with Crippen molar-refractivity contribution in [1.29, 1.82) is 0 Å². The summed E-state index contributed by atoms with van der Waals surface area (Å²) in [5, 5.41) is 14.4. The second-order valence-corrected chi connectivity index (χ2v) is 4.42. The van der Waals surface area contributed by atoms with Crippen molar-refractivity contribution in [2.24, 2.45) is 10.9 Å². The molecule has 1 aromatic carbocycles. The normalized spacial score (nSPS) is 11.4. The van der Waals surface area contributed by atoms with Crippen molar-refractivity contribution < 1.29 is 14.4 Å². The number of nitrogens with two attached hydrogens (primary N) is 1. The average Bonchev–Trinajstić information content (AvgIpc) is 2.87. The monoisotopic (exact) mass is 273 g/mol. The van der Waals surface area contributed by atoms with Gasteiger partial charge in [-0.15, -0.1) is 0 Å². The Hall–Kier alpha value is -2.76. The zero-order valence-electron chi connectivity index (χ0n) is 11.2. The van der Waals surface area contributed by atoms with Gasteiger partial charge >= 0.3 is 0 Å². The van der Waals surface area contributed by atoms with Gasteiger partial charge in [0.1, 0.15) is 12.0 Å². The van der Waals surface area contributed by atoms with Crippen LogP contribution in [0.5, 0.6) is 0 Å². The Balaban J connectivity index is 2.26. The SMILES string of the molecule is Cc1cc(C(=O)Nc2cc(/C(N)=N/O)ccc2C)co1. The number of amides is 1. The second-order valence-electron chi connectivity index (χ2n) is 4.42. The first-order chi connectivity index (χ1) is 9.51. The highest BCUT2D eigenvalue weighted by atomic mass is 16.4. The van der Waals surface area contributed by atoms with Gasteiger partial charge in [-0.3, -0.25) is 4.79 Å². The van der Waals surface area contributed by atoms with Crippen molar-refractivity contribution in [2.45, 2.75) is 13.8 Å². The van der Waals surface area contributed by atoms with Gasteiger partial charge in [-0.1, -0.05) is 17.3 Å². The van der Waals surface area contributed by atoms with E-state index in [2.05, 4.69) is 10.5 Å². The van der Waals surface area contributed by atoms with Crippen molar-refractivity contribution in [3.05, 3.63) is 53.0 Å². The molecule has 0 aliphatic heterocycles. The Labute approximate surface area is 115 Å². The van der Waals surface area contributed by atoms with Crippen LogP contribution in [0.4, 0.5) is 5.69 Å². The number of hydrogen-bond acceptors (Lipinski definition) is 4. The number of hydrogen-bond donors (Lipinski definition) is 3. The fraction of sp³-hybridized carbons (Fsp3) is 0.143. The molecule has 6 nitrogen and oxygen atoms in total. The summed E-state index contributed by atoms with van der Waals surface area (Å²) in [6.45, 7) is 3.62. The van der Waals surface area contributed by atoms with E-state index in [-0.39, 0.29) is 11.7 Å². The third-order valence-corrected chi connectivity index (χ3v) is 2.88. The highest BCUT2D eigenvalue weighted by molar-refractivity contribution is 6.05. The van der Waals surface area contributed by atoms with Crippen molar-refractivity contribution in [1.82, 2.24) is 0 Å². The predicted octanol–water partition coefficient (Wildman–Crippen LogP) is 2.24. The Morgan fingerprint density at radius 2 is 2.05 bits per heavy atom. The number of oxime groups is 1. The molecule has 2 aromatic rings. The van der Waals surface area contributed by atoms with Crippen molar-refractivity contribution in [3.8, 4) is 0 Å². The van der Waals surface area contributed by atoms with Gasteiger partial charge in [0.05, 0.1) is 5.56 Å². The lowest BCUT2D eigenvalue weighted by Gasteiger charge is -2.09. The van der Waals surface area contributed by atoms with E-state index in [4.69, 9.17) is 15.4 Å². The van der Waals surface area contributed by atoms with E-state index in [1.807, 2.05) is 6.92 Å². The molecule has 1 aromatic heterocycles. The lowest BCUT2D eigenvalue weighted by atomic mass is 10.1. The first-order valence-electron chi connectivity index (χ1n) is 5.96. The lowest BCUT2D eigenvalue weighted by Crippen LogP contribution is -2.16. The third kappa shape index (κ3) is 2.80. The molecule has 0 aliphatic rings. The van der Waals surface area contributed by atoms with Crippen LogP contribution in [0.15, 0.2) is 40.1 Å². The van der Waals surface area contributed by atoms with Crippen molar-refractivity contribution in [2.75, 3.05) is 5.32 Å². The Bertz CT molecular complexity index is 674. The Morgan fingerprint density at radius 3 is 2.65 bits per heavy atom. The van der Waals surface area contributed by atoms with E-state index in [9.17, 15) is 4.79 Å². The highest BCUT2D eigenvalue weighted by Gasteiger charge is 2.11. The van der Waals surface area contributed by atoms with Crippen LogP contribution in [0.2, 0.25) is 0 Å². The Kier molecular flexibility index (Phi) is 3.74. The first kappa shape index (κ1) is 13.7. The molecule has 104 valence electrons. The number of aryl methyl sites for hydroxylation is 2.